The molecule has 0 amide bonds. The Hall–Kier alpha value is -1.89. The quantitative estimate of drug-likeness (QED) is 0.705. The molecule has 2 aromatic carbocycles. The number of ketones is 1. The van der Waals surface area contributed by atoms with E-state index in [2.05, 4.69) is 48.5 Å². The van der Waals surface area contributed by atoms with Crippen molar-refractivity contribution in [2.75, 3.05) is 0 Å². The van der Waals surface area contributed by atoms with Crippen molar-refractivity contribution in [1.29, 1.82) is 0 Å². The Morgan fingerprint density at radius 2 is 1.30 bits per heavy atom. The summed E-state index contributed by atoms with van der Waals surface area (Å²) in [5, 5.41) is 0. The molecule has 0 aromatic heterocycles. The Balaban J connectivity index is 2.07. The largest absolute Gasteiger partial charge is 0.298 e. The molecule has 1 spiro atoms. The molecule has 1 fully saturated rings. The number of aryl methyl sites for hydroxylation is 2. The Morgan fingerprint density at radius 3 is 1.80 bits per heavy atom. The Kier molecular flexibility index (Phi) is 2.56. The van der Waals surface area contributed by atoms with Crippen molar-refractivity contribution in [3.8, 4) is 0 Å². The van der Waals surface area contributed by atoms with Crippen LogP contribution in [0.2, 0.25) is 0 Å². The van der Waals surface area contributed by atoms with E-state index in [9.17, 15) is 4.79 Å². The third-order valence-electron chi connectivity index (χ3n) is 5.05. The third kappa shape index (κ3) is 1.46. The molecule has 0 atom stereocenters. The SMILES string of the molecule is O=C1CCCC12c1ccccc1CCc1ccccc12. The lowest BCUT2D eigenvalue weighted by molar-refractivity contribution is -0.121. The van der Waals surface area contributed by atoms with Crippen molar-refractivity contribution < 1.29 is 4.79 Å². The van der Waals surface area contributed by atoms with E-state index in [4.69, 9.17) is 0 Å². The summed E-state index contributed by atoms with van der Waals surface area (Å²) in [6.45, 7) is 0. The Labute approximate surface area is 119 Å². The van der Waals surface area contributed by atoms with Crippen LogP contribution in [0.25, 0.3) is 0 Å². The second-order valence-corrected chi connectivity index (χ2v) is 6.00. The van der Waals surface area contributed by atoms with Gasteiger partial charge in [-0.3, -0.25) is 4.79 Å². The number of Topliss-reactive ketones (excluding diaryl/α,β-unsaturated/α-hetero) is 1. The number of hydrogen-bond acceptors (Lipinski definition) is 1. The molecule has 0 radical (unpaired) electrons. The summed E-state index contributed by atoms with van der Waals surface area (Å²) < 4.78 is 0. The third-order valence-corrected chi connectivity index (χ3v) is 5.05. The summed E-state index contributed by atoms with van der Waals surface area (Å²) >= 11 is 0. The molecule has 0 bridgehead atoms. The van der Waals surface area contributed by atoms with Crippen LogP contribution in [0.1, 0.15) is 41.5 Å². The minimum absolute atomic E-state index is 0.357. The molecule has 0 aliphatic heterocycles. The standard InChI is InChI=1S/C19H18O/c20-18-10-5-13-19(18)16-8-3-1-6-14(16)11-12-15-7-2-4-9-17(15)19/h1-4,6-9H,5,10-13H2. The van der Waals surface area contributed by atoms with Crippen LogP contribution in [-0.2, 0) is 23.1 Å². The highest BCUT2D eigenvalue weighted by Gasteiger charge is 2.47. The summed E-state index contributed by atoms with van der Waals surface area (Å²) in [5.41, 5.74) is 4.90. The summed E-state index contributed by atoms with van der Waals surface area (Å²) in [7, 11) is 0. The first-order valence-corrected chi connectivity index (χ1v) is 7.52. The first-order valence-electron chi connectivity index (χ1n) is 7.52. The summed E-state index contributed by atoms with van der Waals surface area (Å²) in [5.74, 6) is 0.416. The normalized spacial score (nSPS) is 19.5. The number of carbonyl (C=O) groups excluding carboxylic acids is 1. The van der Waals surface area contributed by atoms with Gasteiger partial charge in [-0.25, -0.2) is 0 Å². The van der Waals surface area contributed by atoms with E-state index >= 15 is 0 Å². The van der Waals surface area contributed by atoms with Crippen molar-refractivity contribution in [2.24, 2.45) is 0 Å². The molecule has 2 aromatic rings. The molecule has 0 unspecified atom stereocenters. The van der Waals surface area contributed by atoms with Gasteiger partial charge < -0.3 is 0 Å². The molecule has 0 N–H and O–H groups in total. The average Bonchev–Trinajstić information content (AvgIpc) is 2.81. The van der Waals surface area contributed by atoms with Gasteiger partial charge in [0.05, 0.1) is 5.41 Å². The zero-order chi connectivity index (χ0) is 13.6. The predicted molar refractivity (Wildman–Crippen MR) is 79.9 cm³/mol. The number of rotatable bonds is 0. The van der Waals surface area contributed by atoms with Gasteiger partial charge in [-0.15, -0.1) is 0 Å². The first-order chi connectivity index (χ1) is 9.82. The lowest BCUT2D eigenvalue weighted by Crippen LogP contribution is -2.33. The molecule has 4 rings (SSSR count). The molecule has 1 heteroatoms. The summed E-state index contributed by atoms with van der Waals surface area (Å²) in [6.07, 6.45) is 4.80. The molecular weight excluding hydrogens is 244 g/mol. The van der Waals surface area contributed by atoms with Gasteiger partial charge in [0.15, 0.2) is 0 Å². The number of fused-ring (bicyclic) bond motifs is 4. The lowest BCUT2D eigenvalue weighted by Gasteiger charge is -2.30. The zero-order valence-electron chi connectivity index (χ0n) is 11.6. The van der Waals surface area contributed by atoms with Gasteiger partial charge in [-0.05, 0) is 47.9 Å². The fraction of sp³-hybridized carbons (Fsp3) is 0.316. The second-order valence-electron chi connectivity index (χ2n) is 6.00. The summed E-state index contributed by atoms with van der Waals surface area (Å²) in [6, 6.07) is 17.1. The van der Waals surface area contributed by atoms with Crippen LogP contribution in [0.5, 0.6) is 0 Å². The predicted octanol–water partition coefficient (Wildman–Crippen LogP) is 3.82. The van der Waals surface area contributed by atoms with Crippen molar-refractivity contribution in [2.45, 2.75) is 37.5 Å². The van der Waals surface area contributed by atoms with Crippen LogP contribution in [-0.4, -0.2) is 5.78 Å². The molecule has 2 aliphatic carbocycles. The molecule has 1 saturated carbocycles. The van der Waals surface area contributed by atoms with Crippen molar-refractivity contribution in [1.82, 2.24) is 0 Å². The van der Waals surface area contributed by atoms with Crippen molar-refractivity contribution in [3.63, 3.8) is 0 Å². The van der Waals surface area contributed by atoms with Gasteiger partial charge in [0.2, 0.25) is 0 Å². The topological polar surface area (TPSA) is 17.1 Å². The highest BCUT2D eigenvalue weighted by atomic mass is 16.1. The average molecular weight is 262 g/mol. The zero-order valence-corrected chi connectivity index (χ0v) is 11.6. The molecule has 100 valence electrons. The van der Waals surface area contributed by atoms with E-state index in [-0.39, 0.29) is 5.41 Å². The van der Waals surface area contributed by atoms with E-state index < -0.39 is 0 Å². The van der Waals surface area contributed by atoms with Crippen LogP contribution < -0.4 is 0 Å². The highest BCUT2D eigenvalue weighted by Crippen LogP contribution is 2.48. The number of benzene rings is 2. The van der Waals surface area contributed by atoms with E-state index in [1.54, 1.807) is 0 Å². The number of carbonyl (C=O) groups is 1. The van der Waals surface area contributed by atoms with Crippen LogP contribution in [0, 0.1) is 0 Å². The minimum atomic E-state index is -0.357. The van der Waals surface area contributed by atoms with Gasteiger partial charge in [0.1, 0.15) is 5.78 Å². The van der Waals surface area contributed by atoms with Crippen molar-refractivity contribution in [3.05, 3.63) is 70.8 Å². The maximum Gasteiger partial charge on any atom is 0.147 e. The molecule has 20 heavy (non-hydrogen) atoms. The van der Waals surface area contributed by atoms with E-state index in [1.807, 2.05) is 0 Å². The first kappa shape index (κ1) is 11.9. The second kappa shape index (κ2) is 4.31. The highest BCUT2D eigenvalue weighted by molar-refractivity contribution is 5.96. The van der Waals surface area contributed by atoms with Crippen LogP contribution in [0.15, 0.2) is 48.5 Å². The van der Waals surface area contributed by atoms with Gasteiger partial charge in [0, 0.05) is 6.42 Å². The van der Waals surface area contributed by atoms with E-state index in [1.165, 1.54) is 22.3 Å². The molecule has 2 aliphatic rings. The minimum Gasteiger partial charge on any atom is -0.298 e. The summed E-state index contributed by atoms with van der Waals surface area (Å²) in [4.78, 5) is 12.8. The van der Waals surface area contributed by atoms with Gasteiger partial charge >= 0.3 is 0 Å². The van der Waals surface area contributed by atoms with Crippen LogP contribution in [0.3, 0.4) is 0 Å². The smallest absolute Gasteiger partial charge is 0.147 e. The van der Waals surface area contributed by atoms with E-state index in [0.717, 1.165) is 32.1 Å². The Bertz CT molecular complexity index is 636. The van der Waals surface area contributed by atoms with Crippen LogP contribution in [0.4, 0.5) is 0 Å². The Morgan fingerprint density at radius 1 is 0.750 bits per heavy atom. The monoisotopic (exact) mass is 262 g/mol. The van der Waals surface area contributed by atoms with Gasteiger partial charge in [0.25, 0.3) is 0 Å². The molecule has 0 heterocycles. The fourth-order valence-corrected chi connectivity index (χ4v) is 4.16. The van der Waals surface area contributed by atoms with E-state index in [0.29, 0.717) is 5.78 Å². The molecule has 0 saturated heterocycles. The van der Waals surface area contributed by atoms with Gasteiger partial charge in [-0.2, -0.15) is 0 Å². The number of hydrogen-bond donors (Lipinski definition) is 0. The van der Waals surface area contributed by atoms with Gasteiger partial charge in [-0.1, -0.05) is 48.5 Å². The van der Waals surface area contributed by atoms with Crippen molar-refractivity contribution >= 4 is 5.78 Å². The lowest BCUT2D eigenvalue weighted by atomic mass is 9.70. The molecular formula is C19H18O. The van der Waals surface area contributed by atoms with Crippen LogP contribution >= 0.6 is 0 Å². The fourth-order valence-electron chi connectivity index (χ4n) is 4.16. The molecule has 1 nitrogen and oxygen atoms in total. The maximum absolute atomic E-state index is 12.8. The maximum atomic E-state index is 12.8.